The second-order valence-corrected chi connectivity index (χ2v) is 6.98. The van der Waals surface area contributed by atoms with Crippen LogP contribution in [0.1, 0.15) is 11.9 Å². The maximum Gasteiger partial charge on any atom is 0.236 e. The number of carbonyl (C=O) groups excluding carboxylic acids is 1. The number of rotatable bonds is 7. The lowest BCUT2D eigenvalue weighted by Gasteiger charge is -2.08. The van der Waals surface area contributed by atoms with E-state index in [2.05, 4.69) is 20.5 Å². The first-order valence-electron chi connectivity index (χ1n) is 7.62. The molecule has 1 N–H and O–H groups in total. The molecule has 0 saturated heterocycles. The zero-order valence-electron chi connectivity index (χ0n) is 13.8. The number of anilines is 1. The molecule has 1 amide bonds. The molecule has 1 aromatic carbocycles. The van der Waals surface area contributed by atoms with E-state index in [1.54, 1.807) is 13.3 Å². The molecule has 0 saturated carbocycles. The molecule has 0 aliphatic rings. The van der Waals surface area contributed by atoms with Gasteiger partial charge < -0.3 is 4.74 Å². The summed E-state index contributed by atoms with van der Waals surface area (Å²) in [5, 5.41) is 12.9. The van der Waals surface area contributed by atoms with Gasteiger partial charge in [-0.2, -0.15) is 0 Å². The van der Waals surface area contributed by atoms with Crippen LogP contribution in [0.2, 0.25) is 0 Å². The number of nitrogens with one attached hydrogen (secondary N) is 1. The van der Waals surface area contributed by atoms with Crippen LogP contribution in [0.4, 0.5) is 5.13 Å². The quantitative estimate of drug-likeness (QED) is 0.639. The third-order valence-corrected chi connectivity index (χ3v) is 5.24. The topological polar surface area (TPSA) is 81.9 Å². The highest BCUT2D eigenvalue weighted by molar-refractivity contribution is 7.99. The van der Waals surface area contributed by atoms with Crippen molar-refractivity contribution >= 4 is 34.1 Å². The van der Waals surface area contributed by atoms with Crippen LogP contribution in [-0.4, -0.2) is 38.5 Å². The molecule has 0 atom stereocenters. The molecule has 3 aromatic rings. The molecule has 130 valence electrons. The zero-order chi connectivity index (χ0) is 17.6. The molecule has 0 aliphatic carbocycles. The maximum atomic E-state index is 12.1. The van der Waals surface area contributed by atoms with Crippen molar-refractivity contribution < 1.29 is 9.53 Å². The second kappa shape index (κ2) is 8.13. The first kappa shape index (κ1) is 17.4. The van der Waals surface area contributed by atoms with Crippen molar-refractivity contribution in [3.8, 4) is 11.4 Å². The van der Waals surface area contributed by atoms with Gasteiger partial charge in [-0.15, -0.1) is 10.2 Å². The highest BCUT2D eigenvalue weighted by atomic mass is 32.2. The third-order valence-electron chi connectivity index (χ3n) is 3.29. The summed E-state index contributed by atoms with van der Waals surface area (Å²) >= 11 is 2.75. The number of amides is 1. The van der Waals surface area contributed by atoms with Crippen LogP contribution in [0.5, 0.6) is 5.75 Å². The molecule has 3 rings (SSSR count). The number of thioether (sulfide) groups is 1. The molecule has 0 spiro atoms. The predicted molar refractivity (Wildman–Crippen MR) is 98.8 cm³/mol. The van der Waals surface area contributed by atoms with Gasteiger partial charge in [0.15, 0.2) is 5.16 Å². The Morgan fingerprint density at radius 2 is 2.28 bits per heavy atom. The molecule has 7 nitrogen and oxygen atoms in total. The SMILES string of the molecule is CCc1nnc(NC(=O)CSc2nccn2-c2cccc(OC)c2)s1. The monoisotopic (exact) mass is 375 g/mol. The van der Waals surface area contributed by atoms with Crippen molar-refractivity contribution in [2.45, 2.75) is 18.5 Å². The van der Waals surface area contributed by atoms with Crippen LogP contribution in [0, 0.1) is 0 Å². The van der Waals surface area contributed by atoms with Crippen molar-refractivity contribution in [1.82, 2.24) is 19.7 Å². The van der Waals surface area contributed by atoms with Gasteiger partial charge in [-0.05, 0) is 18.6 Å². The van der Waals surface area contributed by atoms with Crippen LogP contribution in [0.25, 0.3) is 5.69 Å². The Kier molecular flexibility index (Phi) is 5.67. The minimum Gasteiger partial charge on any atom is -0.497 e. The Morgan fingerprint density at radius 3 is 3.04 bits per heavy atom. The molecule has 0 unspecified atom stereocenters. The van der Waals surface area contributed by atoms with E-state index in [1.807, 2.05) is 42.0 Å². The van der Waals surface area contributed by atoms with Crippen molar-refractivity contribution in [3.05, 3.63) is 41.7 Å². The van der Waals surface area contributed by atoms with Gasteiger partial charge in [-0.25, -0.2) is 4.98 Å². The average Bonchev–Trinajstić information content (AvgIpc) is 3.29. The fourth-order valence-electron chi connectivity index (χ4n) is 2.09. The number of methoxy groups -OCH3 is 1. The Morgan fingerprint density at radius 1 is 1.40 bits per heavy atom. The summed E-state index contributed by atoms with van der Waals surface area (Å²) in [7, 11) is 1.63. The van der Waals surface area contributed by atoms with E-state index < -0.39 is 0 Å². The van der Waals surface area contributed by atoms with Gasteiger partial charge in [-0.3, -0.25) is 14.7 Å². The standard InChI is InChI=1S/C16H17N5O2S2/c1-3-14-19-20-15(25-14)18-13(22)10-24-16-17-7-8-21(16)11-5-4-6-12(9-11)23-2/h4-9H,3,10H2,1-2H3,(H,18,20,22). The van der Waals surface area contributed by atoms with Crippen LogP contribution in [0.3, 0.4) is 0 Å². The lowest BCUT2D eigenvalue weighted by atomic mass is 10.3. The van der Waals surface area contributed by atoms with Crippen molar-refractivity contribution in [2.24, 2.45) is 0 Å². The Hall–Kier alpha value is -2.39. The summed E-state index contributed by atoms with van der Waals surface area (Å²) in [6.45, 7) is 2.00. The minimum atomic E-state index is -0.135. The minimum absolute atomic E-state index is 0.135. The number of aryl methyl sites for hydroxylation is 1. The van der Waals surface area contributed by atoms with Gasteiger partial charge in [0.25, 0.3) is 0 Å². The van der Waals surface area contributed by atoms with Crippen LogP contribution < -0.4 is 10.1 Å². The van der Waals surface area contributed by atoms with Crippen molar-refractivity contribution in [1.29, 1.82) is 0 Å². The smallest absolute Gasteiger partial charge is 0.236 e. The molecule has 0 bridgehead atoms. The normalized spacial score (nSPS) is 10.6. The number of ether oxygens (including phenoxy) is 1. The molecule has 0 radical (unpaired) electrons. The largest absolute Gasteiger partial charge is 0.497 e. The van der Waals surface area contributed by atoms with E-state index in [4.69, 9.17) is 4.74 Å². The molecule has 2 aromatic heterocycles. The Bertz CT molecular complexity index is 862. The van der Waals surface area contributed by atoms with Gasteiger partial charge in [0.2, 0.25) is 11.0 Å². The van der Waals surface area contributed by atoms with Gasteiger partial charge in [0.05, 0.1) is 18.6 Å². The molecule has 25 heavy (non-hydrogen) atoms. The van der Waals surface area contributed by atoms with Crippen LogP contribution in [0.15, 0.2) is 41.8 Å². The van der Waals surface area contributed by atoms with E-state index in [1.165, 1.54) is 23.1 Å². The van der Waals surface area contributed by atoms with Crippen LogP contribution in [-0.2, 0) is 11.2 Å². The van der Waals surface area contributed by atoms with Crippen molar-refractivity contribution in [3.63, 3.8) is 0 Å². The predicted octanol–water partition coefficient (Wildman–Crippen LogP) is 3.03. The van der Waals surface area contributed by atoms with Gasteiger partial charge in [0, 0.05) is 18.5 Å². The first-order chi connectivity index (χ1) is 12.2. The fourth-order valence-corrected chi connectivity index (χ4v) is 3.55. The number of carbonyl (C=O) groups is 1. The zero-order valence-corrected chi connectivity index (χ0v) is 15.4. The van der Waals surface area contributed by atoms with Crippen LogP contribution >= 0.6 is 23.1 Å². The molecule has 9 heteroatoms. The molecular formula is C16H17N5O2S2. The van der Waals surface area contributed by atoms with E-state index in [0.717, 1.165) is 28.0 Å². The molecular weight excluding hydrogens is 358 g/mol. The summed E-state index contributed by atoms with van der Waals surface area (Å²) in [6.07, 6.45) is 4.37. The van der Waals surface area contributed by atoms with E-state index in [9.17, 15) is 4.79 Å². The Labute approximate surface area is 153 Å². The number of hydrogen-bond donors (Lipinski definition) is 1. The maximum absolute atomic E-state index is 12.1. The van der Waals surface area contributed by atoms with E-state index >= 15 is 0 Å². The summed E-state index contributed by atoms with van der Waals surface area (Å²) in [6, 6.07) is 7.67. The second-order valence-electron chi connectivity index (χ2n) is 4.97. The highest BCUT2D eigenvalue weighted by Crippen LogP contribution is 2.23. The molecule has 2 heterocycles. The van der Waals surface area contributed by atoms with E-state index in [-0.39, 0.29) is 11.7 Å². The van der Waals surface area contributed by atoms with Gasteiger partial charge in [0.1, 0.15) is 10.8 Å². The third kappa shape index (κ3) is 4.37. The highest BCUT2D eigenvalue weighted by Gasteiger charge is 2.11. The number of nitrogens with zero attached hydrogens (tertiary/aromatic N) is 4. The number of hydrogen-bond acceptors (Lipinski definition) is 7. The van der Waals surface area contributed by atoms with Gasteiger partial charge >= 0.3 is 0 Å². The summed E-state index contributed by atoms with van der Waals surface area (Å²) in [5.74, 6) is 0.869. The van der Waals surface area contributed by atoms with E-state index in [0.29, 0.717) is 5.13 Å². The summed E-state index contributed by atoms with van der Waals surface area (Å²) in [4.78, 5) is 16.4. The first-order valence-corrected chi connectivity index (χ1v) is 9.42. The summed E-state index contributed by atoms with van der Waals surface area (Å²) in [5.41, 5.74) is 0.927. The average molecular weight is 375 g/mol. The summed E-state index contributed by atoms with van der Waals surface area (Å²) < 4.78 is 7.17. The number of imidazole rings is 1. The lowest BCUT2D eigenvalue weighted by Crippen LogP contribution is -2.14. The number of benzene rings is 1. The lowest BCUT2D eigenvalue weighted by molar-refractivity contribution is -0.113. The molecule has 0 aliphatic heterocycles. The number of aromatic nitrogens is 4. The fraction of sp³-hybridized carbons (Fsp3) is 0.250. The van der Waals surface area contributed by atoms with Crippen molar-refractivity contribution in [2.75, 3.05) is 18.2 Å². The molecule has 0 fully saturated rings. The van der Waals surface area contributed by atoms with Gasteiger partial charge in [-0.1, -0.05) is 36.1 Å². The Balaban J connectivity index is 1.64.